The number of ether oxygens (including phenoxy) is 1. The van der Waals surface area contributed by atoms with E-state index in [-0.39, 0.29) is 24.0 Å². The number of carbonyl (C=O) groups excluding carboxylic acids is 1. The second-order valence-electron chi connectivity index (χ2n) is 7.81. The zero-order valence-corrected chi connectivity index (χ0v) is 17.5. The third-order valence-electron chi connectivity index (χ3n) is 4.89. The van der Waals surface area contributed by atoms with Crippen molar-refractivity contribution in [3.63, 3.8) is 0 Å². The predicted molar refractivity (Wildman–Crippen MR) is 110 cm³/mol. The van der Waals surface area contributed by atoms with E-state index in [2.05, 4.69) is 0 Å². The summed E-state index contributed by atoms with van der Waals surface area (Å²) in [7, 11) is -3.19. The third-order valence-corrected chi connectivity index (χ3v) is 6.64. The number of benzene rings is 2. The van der Waals surface area contributed by atoms with Crippen LogP contribution < -0.4 is 4.74 Å². The molecule has 1 atom stereocenters. The summed E-state index contributed by atoms with van der Waals surface area (Å²) in [5.41, 5.74) is 0.782. The molecular weight excluding hydrogens is 393 g/mol. The SMILES string of the molecule is CC(C)COc1ccc(C(=O)N(Cc2ccccc2F)C2CCS(=O)(=O)C2)cc1. The van der Waals surface area contributed by atoms with E-state index in [0.717, 1.165) is 0 Å². The molecule has 1 unspecified atom stereocenters. The highest BCUT2D eigenvalue weighted by atomic mass is 32.2. The Hall–Kier alpha value is -2.41. The van der Waals surface area contributed by atoms with Crippen LogP contribution in [-0.2, 0) is 16.4 Å². The second-order valence-corrected chi connectivity index (χ2v) is 10.0. The van der Waals surface area contributed by atoms with Crippen LogP contribution in [0.1, 0.15) is 36.2 Å². The molecule has 1 aliphatic heterocycles. The Morgan fingerprint density at radius 1 is 1.17 bits per heavy atom. The molecule has 0 radical (unpaired) electrons. The minimum absolute atomic E-state index is 0.0251. The van der Waals surface area contributed by atoms with Crippen molar-refractivity contribution < 1.29 is 22.3 Å². The van der Waals surface area contributed by atoms with Crippen LogP contribution in [0.15, 0.2) is 48.5 Å². The van der Waals surface area contributed by atoms with Gasteiger partial charge in [-0.25, -0.2) is 12.8 Å². The van der Waals surface area contributed by atoms with Crippen molar-refractivity contribution >= 4 is 15.7 Å². The minimum Gasteiger partial charge on any atom is -0.493 e. The molecule has 1 heterocycles. The number of hydrogen-bond acceptors (Lipinski definition) is 4. The highest BCUT2D eigenvalue weighted by molar-refractivity contribution is 7.91. The van der Waals surface area contributed by atoms with Crippen molar-refractivity contribution in [2.75, 3.05) is 18.1 Å². The summed E-state index contributed by atoms with van der Waals surface area (Å²) in [6.07, 6.45) is 0.359. The summed E-state index contributed by atoms with van der Waals surface area (Å²) in [4.78, 5) is 14.7. The lowest BCUT2D eigenvalue weighted by molar-refractivity contribution is 0.0679. The lowest BCUT2D eigenvalue weighted by Crippen LogP contribution is -2.40. The van der Waals surface area contributed by atoms with Gasteiger partial charge >= 0.3 is 0 Å². The molecule has 7 heteroatoms. The fourth-order valence-electron chi connectivity index (χ4n) is 3.32. The number of sulfone groups is 1. The summed E-state index contributed by atoms with van der Waals surface area (Å²) in [5, 5.41) is 0. The first-order valence-corrected chi connectivity index (χ1v) is 11.5. The van der Waals surface area contributed by atoms with Crippen molar-refractivity contribution in [3.8, 4) is 5.75 Å². The van der Waals surface area contributed by atoms with Crippen molar-refractivity contribution in [2.45, 2.75) is 32.9 Å². The largest absolute Gasteiger partial charge is 0.493 e. The Balaban J connectivity index is 1.83. The maximum atomic E-state index is 14.2. The van der Waals surface area contributed by atoms with Gasteiger partial charge in [0.2, 0.25) is 0 Å². The lowest BCUT2D eigenvalue weighted by atomic mass is 10.1. The normalized spacial score (nSPS) is 18.0. The van der Waals surface area contributed by atoms with Gasteiger partial charge < -0.3 is 9.64 Å². The fraction of sp³-hybridized carbons (Fsp3) is 0.409. The van der Waals surface area contributed by atoms with E-state index in [0.29, 0.717) is 35.8 Å². The molecule has 0 saturated carbocycles. The Morgan fingerprint density at radius 3 is 2.45 bits per heavy atom. The monoisotopic (exact) mass is 419 g/mol. The van der Waals surface area contributed by atoms with Gasteiger partial charge in [0.1, 0.15) is 11.6 Å². The van der Waals surface area contributed by atoms with Crippen LogP contribution in [0.5, 0.6) is 5.75 Å². The maximum absolute atomic E-state index is 14.2. The fourth-order valence-corrected chi connectivity index (χ4v) is 5.05. The molecule has 1 saturated heterocycles. The number of halogens is 1. The van der Waals surface area contributed by atoms with Crippen LogP contribution in [0.25, 0.3) is 0 Å². The van der Waals surface area contributed by atoms with Gasteiger partial charge in [0, 0.05) is 23.7 Å². The van der Waals surface area contributed by atoms with Crippen LogP contribution in [-0.4, -0.2) is 43.4 Å². The van der Waals surface area contributed by atoms with Crippen molar-refractivity contribution in [1.29, 1.82) is 0 Å². The third kappa shape index (κ3) is 5.56. The van der Waals surface area contributed by atoms with Gasteiger partial charge in [0.25, 0.3) is 5.91 Å². The first-order valence-electron chi connectivity index (χ1n) is 9.73. The average molecular weight is 420 g/mol. The van der Waals surface area contributed by atoms with E-state index < -0.39 is 21.7 Å². The zero-order chi connectivity index (χ0) is 21.0. The van der Waals surface area contributed by atoms with Crippen LogP contribution in [0.4, 0.5) is 4.39 Å². The smallest absolute Gasteiger partial charge is 0.254 e. The van der Waals surface area contributed by atoms with E-state index >= 15 is 0 Å². The first kappa shape index (κ1) is 21.3. The van der Waals surface area contributed by atoms with E-state index in [9.17, 15) is 17.6 Å². The molecule has 3 rings (SSSR count). The van der Waals surface area contributed by atoms with Gasteiger partial charge in [-0.1, -0.05) is 32.0 Å². The first-order chi connectivity index (χ1) is 13.7. The second kappa shape index (κ2) is 8.95. The molecule has 5 nitrogen and oxygen atoms in total. The molecular formula is C22H26FNO4S. The highest BCUT2D eigenvalue weighted by Gasteiger charge is 2.35. The molecule has 0 bridgehead atoms. The van der Waals surface area contributed by atoms with E-state index in [1.807, 2.05) is 13.8 Å². The number of rotatable bonds is 7. The predicted octanol–water partition coefficient (Wildman–Crippen LogP) is 3.69. The average Bonchev–Trinajstić information content (AvgIpc) is 3.05. The summed E-state index contributed by atoms with van der Waals surface area (Å²) >= 11 is 0. The Labute approximate surface area is 171 Å². The molecule has 0 aliphatic carbocycles. The number of hydrogen-bond donors (Lipinski definition) is 0. The number of amides is 1. The van der Waals surface area contributed by atoms with Crippen LogP contribution >= 0.6 is 0 Å². The number of carbonyl (C=O) groups is 1. The van der Waals surface area contributed by atoms with Gasteiger partial charge in [-0.05, 0) is 42.7 Å². The molecule has 156 valence electrons. The van der Waals surface area contributed by atoms with Crippen molar-refractivity contribution in [3.05, 3.63) is 65.5 Å². The standard InChI is InChI=1S/C22H26FNO4S/c1-16(2)14-28-20-9-7-17(8-10-20)22(25)24(19-11-12-29(26,27)15-19)13-18-5-3-4-6-21(18)23/h3-10,16,19H,11-15H2,1-2H3. The highest BCUT2D eigenvalue weighted by Crippen LogP contribution is 2.24. The molecule has 2 aromatic carbocycles. The maximum Gasteiger partial charge on any atom is 0.254 e. The Bertz CT molecular complexity index is 957. The van der Waals surface area contributed by atoms with Crippen molar-refractivity contribution in [1.82, 2.24) is 4.90 Å². The molecule has 0 N–H and O–H groups in total. The summed E-state index contributed by atoms with van der Waals surface area (Å²) in [6, 6.07) is 12.5. The topological polar surface area (TPSA) is 63.7 Å². The quantitative estimate of drug-likeness (QED) is 0.687. The molecule has 29 heavy (non-hydrogen) atoms. The van der Waals surface area contributed by atoms with E-state index in [1.54, 1.807) is 42.5 Å². The Kier molecular flexibility index (Phi) is 6.57. The van der Waals surface area contributed by atoms with Crippen LogP contribution in [0, 0.1) is 11.7 Å². The van der Waals surface area contributed by atoms with Crippen molar-refractivity contribution in [2.24, 2.45) is 5.92 Å². The van der Waals surface area contributed by atoms with E-state index in [4.69, 9.17) is 4.74 Å². The van der Waals surface area contributed by atoms with Gasteiger partial charge in [-0.3, -0.25) is 4.79 Å². The van der Waals surface area contributed by atoms with Gasteiger partial charge in [0.15, 0.2) is 9.84 Å². The van der Waals surface area contributed by atoms with Crippen LogP contribution in [0.3, 0.4) is 0 Å². The number of nitrogens with zero attached hydrogens (tertiary/aromatic N) is 1. The van der Waals surface area contributed by atoms with E-state index in [1.165, 1.54) is 11.0 Å². The van der Waals surface area contributed by atoms with Gasteiger partial charge in [-0.2, -0.15) is 0 Å². The minimum atomic E-state index is -3.19. The Morgan fingerprint density at radius 2 is 1.86 bits per heavy atom. The zero-order valence-electron chi connectivity index (χ0n) is 16.7. The van der Waals surface area contributed by atoms with Gasteiger partial charge in [0.05, 0.1) is 18.1 Å². The molecule has 0 aromatic heterocycles. The summed E-state index contributed by atoms with van der Waals surface area (Å²) in [5.74, 6) is 0.273. The molecule has 0 spiro atoms. The van der Waals surface area contributed by atoms with Gasteiger partial charge in [-0.15, -0.1) is 0 Å². The summed E-state index contributed by atoms with van der Waals surface area (Å²) < 4.78 is 43.8. The molecule has 1 amide bonds. The molecule has 2 aromatic rings. The summed E-state index contributed by atoms with van der Waals surface area (Å²) in [6.45, 7) is 4.70. The lowest BCUT2D eigenvalue weighted by Gasteiger charge is -2.29. The molecule has 1 aliphatic rings. The molecule has 1 fully saturated rings. The van der Waals surface area contributed by atoms with Crippen LogP contribution in [0.2, 0.25) is 0 Å².